The minimum atomic E-state index is -1.31. The summed E-state index contributed by atoms with van der Waals surface area (Å²) >= 11 is 11.9. The minimum Gasteiger partial charge on any atom is -0.480 e. The van der Waals surface area contributed by atoms with E-state index in [-0.39, 0.29) is 0 Å². The van der Waals surface area contributed by atoms with Crippen LogP contribution in [0.5, 0.6) is 0 Å². The highest BCUT2D eigenvalue weighted by Gasteiger charge is 2.57. The molecule has 0 saturated heterocycles. The maximum Gasteiger partial charge on any atom is 0.317 e. The molecule has 0 radical (unpaired) electrons. The number of hydrogen-bond donors (Lipinski definition) is 2. The van der Waals surface area contributed by atoms with E-state index in [2.05, 4.69) is 0 Å². The van der Waals surface area contributed by atoms with Gasteiger partial charge in [-0.1, -0.05) is 49.0 Å². The van der Waals surface area contributed by atoms with Gasteiger partial charge in [-0.2, -0.15) is 0 Å². The number of aliphatic carboxylic acids is 1. The molecule has 1 saturated carbocycles. The topological polar surface area (TPSA) is 57.5 Å². The highest BCUT2D eigenvalue weighted by Crippen LogP contribution is 2.49. The predicted molar refractivity (Wildman–Crippen MR) is 79.5 cm³/mol. The van der Waals surface area contributed by atoms with Crippen LogP contribution in [-0.2, 0) is 10.2 Å². The Kier molecular flexibility index (Phi) is 4.33. The molecule has 2 atom stereocenters. The van der Waals surface area contributed by atoms with Crippen LogP contribution in [0.4, 0.5) is 0 Å². The fraction of sp³-hybridized carbons (Fsp3) is 0.533. The van der Waals surface area contributed by atoms with Gasteiger partial charge >= 0.3 is 5.97 Å². The number of benzene rings is 1. The summed E-state index contributed by atoms with van der Waals surface area (Å²) in [6, 6.07) is 4.83. The van der Waals surface area contributed by atoms with Crippen molar-refractivity contribution in [1.29, 1.82) is 0 Å². The third-order valence-corrected chi connectivity index (χ3v) is 5.29. The van der Waals surface area contributed by atoms with E-state index in [0.29, 0.717) is 34.9 Å². The van der Waals surface area contributed by atoms with Crippen LogP contribution in [-0.4, -0.2) is 21.8 Å². The standard InChI is InChI=1S/C15H18Cl2O3/c1-2-14(20)7-3-4-8-15(14,13(18)19)10-5-6-11(16)12(17)9-10/h5-6,9,20H,2-4,7-8H2,1H3,(H,18,19). The van der Waals surface area contributed by atoms with Gasteiger partial charge in [-0.3, -0.25) is 4.79 Å². The van der Waals surface area contributed by atoms with Crippen LogP contribution in [0.15, 0.2) is 18.2 Å². The zero-order valence-electron chi connectivity index (χ0n) is 11.3. The molecule has 110 valence electrons. The van der Waals surface area contributed by atoms with E-state index in [0.717, 1.165) is 12.8 Å². The van der Waals surface area contributed by atoms with Crippen LogP contribution in [0.2, 0.25) is 10.0 Å². The van der Waals surface area contributed by atoms with Gasteiger partial charge in [-0.25, -0.2) is 0 Å². The second-order valence-corrected chi connectivity index (χ2v) is 6.25. The molecular weight excluding hydrogens is 299 g/mol. The average molecular weight is 317 g/mol. The first-order valence-corrected chi connectivity index (χ1v) is 7.54. The summed E-state index contributed by atoms with van der Waals surface area (Å²) in [5.41, 5.74) is -2.04. The quantitative estimate of drug-likeness (QED) is 0.885. The first-order valence-electron chi connectivity index (χ1n) is 6.79. The molecule has 20 heavy (non-hydrogen) atoms. The Morgan fingerprint density at radius 3 is 2.45 bits per heavy atom. The summed E-state index contributed by atoms with van der Waals surface area (Å²) in [5.74, 6) is -1.00. The largest absolute Gasteiger partial charge is 0.480 e. The molecule has 0 aromatic heterocycles. The van der Waals surface area contributed by atoms with E-state index in [1.54, 1.807) is 18.2 Å². The summed E-state index contributed by atoms with van der Waals surface area (Å²) in [4.78, 5) is 12.0. The highest BCUT2D eigenvalue weighted by atomic mass is 35.5. The van der Waals surface area contributed by atoms with Crippen LogP contribution in [0.3, 0.4) is 0 Å². The Labute approximate surface area is 128 Å². The molecule has 1 aromatic carbocycles. The Bertz CT molecular complexity index is 532. The van der Waals surface area contributed by atoms with Crippen LogP contribution in [0.1, 0.15) is 44.6 Å². The van der Waals surface area contributed by atoms with Crippen molar-refractivity contribution in [1.82, 2.24) is 0 Å². The summed E-state index contributed by atoms with van der Waals surface area (Å²) in [6.45, 7) is 1.82. The smallest absolute Gasteiger partial charge is 0.317 e. The van der Waals surface area contributed by atoms with E-state index in [1.807, 2.05) is 6.92 Å². The van der Waals surface area contributed by atoms with E-state index in [1.165, 1.54) is 0 Å². The zero-order chi connectivity index (χ0) is 15.0. The number of hydrogen-bond acceptors (Lipinski definition) is 2. The molecule has 0 amide bonds. The van der Waals surface area contributed by atoms with Gasteiger partial charge in [0.2, 0.25) is 0 Å². The number of carboxylic acids is 1. The summed E-state index contributed by atoms with van der Waals surface area (Å²) in [5, 5.41) is 21.4. The lowest BCUT2D eigenvalue weighted by Crippen LogP contribution is -2.58. The number of aliphatic hydroxyl groups is 1. The van der Waals surface area contributed by atoms with Crippen molar-refractivity contribution in [2.75, 3.05) is 0 Å². The molecule has 2 unspecified atom stereocenters. The van der Waals surface area contributed by atoms with Crippen LogP contribution in [0, 0.1) is 0 Å². The second-order valence-electron chi connectivity index (χ2n) is 5.43. The van der Waals surface area contributed by atoms with E-state index in [4.69, 9.17) is 23.2 Å². The number of carboxylic acid groups (broad SMARTS) is 1. The maximum absolute atomic E-state index is 12.0. The molecule has 0 heterocycles. The van der Waals surface area contributed by atoms with Crippen LogP contribution >= 0.6 is 23.2 Å². The Hall–Kier alpha value is -0.770. The zero-order valence-corrected chi connectivity index (χ0v) is 12.8. The molecule has 2 rings (SSSR count). The average Bonchev–Trinajstić information content (AvgIpc) is 2.42. The van der Waals surface area contributed by atoms with Gasteiger partial charge in [0.1, 0.15) is 5.41 Å². The lowest BCUT2D eigenvalue weighted by Gasteiger charge is -2.47. The van der Waals surface area contributed by atoms with Crippen molar-refractivity contribution < 1.29 is 15.0 Å². The van der Waals surface area contributed by atoms with E-state index < -0.39 is 17.0 Å². The highest BCUT2D eigenvalue weighted by molar-refractivity contribution is 6.42. The lowest BCUT2D eigenvalue weighted by atomic mass is 9.58. The van der Waals surface area contributed by atoms with Crippen molar-refractivity contribution in [3.63, 3.8) is 0 Å². The maximum atomic E-state index is 12.0. The van der Waals surface area contributed by atoms with Crippen molar-refractivity contribution in [2.45, 2.75) is 50.0 Å². The summed E-state index contributed by atoms with van der Waals surface area (Å²) in [7, 11) is 0. The molecule has 2 N–H and O–H groups in total. The first-order chi connectivity index (χ1) is 9.37. The molecule has 5 heteroatoms. The van der Waals surface area contributed by atoms with Crippen molar-refractivity contribution >= 4 is 29.2 Å². The summed E-state index contributed by atoms with van der Waals surface area (Å²) in [6.07, 6.45) is 2.88. The van der Waals surface area contributed by atoms with E-state index in [9.17, 15) is 15.0 Å². The molecule has 1 fully saturated rings. The third-order valence-electron chi connectivity index (χ3n) is 4.55. The lowest BCUT2D eigenvalue weighted by molar-refractivity contribution is -0.162. The molecule has 3 nitrogen and oxygen atoms in total. The van der Waals surface area contributed by atoms with Crippen molar-refractivity contribution in [2.24, 2.45) is 0 Å². The van der Waals surface area contributed by atoms with Gasteiger partial charge in [0.25, 0.3) is 0 Å². The first kappa shape index (κ1) is 15.6. The van der Waals surface area contributed by atoms with Crippen molar-refractivity contribution in [3.8, 4) is 0 Å². The molecule has 1 aliphatic carbocycles. The predicted octanol–water partition coefficient (Wildman–Crippen LogP) is 4.03. The molecule has 0 spiro atoms. The summed E-state index contributed by atoms with van der Waals surface area (Å²) < 4.78 is 0. The molecule has 0 bridgehead atoms. The van der Waals surface area contributed by atoms with Gasteiger partial charge in [0.05, 0.1) is 15.6 Å². The SMILES string of the molecule is CCC1(O)CCCCC1(C(=O)O)c1ccc(Cl)c(Cl)c1. The van der Waals surface area contributed by atoms with Crippen LogP contribution < -0.4 is 0 Å². The Balaban J connectivity index is 2.64. The van der Waals surface area contributed by atoms with Crippen LogP contribution in [0.25, 0.3) is 0 Å². The monoisotopic (exact) mass is 316 g/mol. The number of halogens is 2. The third kappa shape index (κ3) is 2.22. The van der Waals surface area contributed by atoms with Gasteiger partial charge in [-0.05, 0) is 37.0 Å². The van der Waals surface area contributed by atoms with Gasteiger partial charge < -0.3 is 10.2 Å². The fourth-order valence-electron chi connectivity index (χ4n) is 3.34. The Morgan fingerprint density at radius 1 is 1.25 bits per heavy atom. The number of rotatable bonds is 3. The normalized spacial score (nSPS) is 30.2. The van der Waals surface area contributed by atoms with Crippen molar-refractivity contribution in [3.05, 3.63) is 33.8 Å². The van der Waals surface area contributed by atoms with Gasteiger partial charge in [0.15, 0.2) is 0 Å². The Morgan fingerprint density at radius 2 is 1.90 bits per heavy atom. The second kappa shape index (κ2) is 5.55. The number of carbonyl (C=O) groups is 1. The fourth-order valence-corrected chi connectivity index (χ4v) is 3.63. The minimum absolute atomic E-state index is 0.314. The molecule has 1 aromatic rings. The molecular formula is C15H18Cl2O3. The molecule has 0 aliphatic heterocycles. The van der Waals surface area contributed by atoms with E-state index >= 15 is 0 Å². The molecule has 1 aliphatic rings. The van der Waals surface area contributed by atoms with Gasteiger partial charge in [-0.15, -0.1) is 0 Å². The van der Waals surface area contributed by atoms with Gasteiger partial charge in [0, 0.05) is 0 Å².